The van der Waals surface area contributed by atoms with Gasteiger partial charge in [0.25, 0.3) is 0 Å². The molecule has 1 saturated heterocycles. The summed E-state index contributed by atoms with van der Waals surface area (Å²) in [5.41, 5.74) is 2.87. The van der Waals surface area contributed by atoms with Crippen LogP contribution in [-0.4, -0.2) is 23.1 Å². The molecule has 2 heteroatoms. The van der Waals surface area contributed by atoms with Crippen LogP contribution >= 0.6 is 0 Å². The van der Waals surface area contributed by atoms with Crippen LogP contribution in [0.5, 0.6) is 5.75 Å². The Morgan fingerprint density at radius 1 is 1.38 bits per heavy atom. The molecule has 2 unspecified atom stereocenters. The molecular weight excluding hydrogens is 198 g/mol. The molecular formula is C14H19NO. The van der Waals surface area contributed by atoms with Gasteiger partial charge in [0.05, 0.1) is 0 Å². The van der Waals surface area contributed by atoms with Crippen LogP contribution < -0.4 is 0 Å². The molecule has 0 radical (unpaired) electrons. The number of phenols is 1. The summed E-state index contributed by atoms with van der Waals surface area (Å²) in [6.07, 6.45) is 3.75. The minimum atomic E-state index is 0.424. The number of aromatic hydroxyl groups is 1. The van der Waals surface area contributed by atoms with Crippen molar-refractivity contribution in [3.8, 4) is 5.75 Å². The summed E-state index contributed by atoms with van der Waals surface area (Å²) in [6.45, 7) is 4.68. The van der Waals surface area contributed by atoms with E-state index in [1.807, 2.05) is 12.1 Å². The quantitative estimate of drug-likeness (QED) is 0.823. The zero-order chi connectivity index (χ0) is 11.1. The summed E-state index contributed by atoms with van der Waals surface area (Å²) in [5, 5.41) is 9.57. The van der Waals surface area contributed by atoms with Crippen molar-refractivity contribution in [3.05, 3.63) is 29.3 Å². The third kappa shape index (κ3) is 1.44. The first-order chi connectivity index (χ1) is 7.79. The van der Waals surface area contributed by atoms with Gasteiger partial charge >= 0.3 is 0 Å². The van der Waals surface area contributed by atoms with E-state index < -0.39 is 0 Å². The van der Waals surface area contributed by atoms with E-state index in [0.29, 0.717) is 17.7 Å². The molecule has 2 bridgehead atoms. The topological polar surface area (TPSA) is 23.5 Å². The average molecular weight is 217 g/mol. The molecule has 3 rings (SSSR count). The first kappa shape index (κ1) is 10.2. The lowest BCUT2D eigenvalue weighted by Gasteiger charge is -2.33. The molecule has 2 atom stereocenters. The van der Waals surface area contributed by atoms with Crippen LogP contribution in [0.2, 0.25) is 0 Å². The van der Waals surface area contributed by atoms with E-state index >= 15 is 0 Å². The van der Waals surface area contributed by atoms with Gasteiger partial charge in [-0.1, -0.05) is 13.0 Å². The molecule has 1 N–H and O–H groups in total. The highest BCUT2D eigenvalue weighted by Gasteiger charge is 2.38. The Labute approximate surface area is 96.9 Å². The third-order valence-electron chi connectivity index (χ3n) is 4.09. The van der Waals surface area contributed by atoms with E-state index in [4.69, 9.17) is 0 Å². The molecule has 86 valence electrons. The van der Waals surface area contributed by atoms with Crippen molar-refractivity contribution >= 4 is 0 Å². The maximum Gasteiger partial charge on any atom is 0.115 e. The summed E-state index contributed by atoms with van der Waals surface area (Å²) in [4.78, 5) is 2.61. The molecule has 0 aromatic heterocycles. The van der Waals surface area contributed by atoms with Gasteiger partial charge in [-0.25, -0.2) is 0 Å². The molecule has 1 aromatic rings. The molecule has 2 nitrogen and oxygen atoms in total. The average Bonchev–Trinajstić information content (AvgIpc) is 2.57. The normalized spacial score (nSPS) is 28.1. The van der Waals surface area contributed by atoms with Crippen molar-refractivity contribution in [3.63, 3.8) is 0 Å². The second-order valence-corrected chi connectivity index (χ2v) is 5.09. The van der Waals surface area contributed by atoms with Gasteiger partial charge in [-0.15, -0.1) is 0 Å². The zero-order valence-electron chi connectivity index (χ0n) is 9.82. The Kier molecular flexibility index (Phi) is 2.40. The summed E-state index contributed by atoms with van der Waals surface area (Å²) >= 11 is 0. The van der Waals surface area contributed by atoms with Crippen LogP contribution in [0.1, 0.15) is 49.3 Å². The van der Waals surface area contributed by atoms with Crippen molar-refractivity contribution in [2.24, 2.45) is 0 Å². The van der Waals surface area contributed by atoms with Gasteiger partial charge in [-0.05, 0) is 61.5 Å². The number of phenolic OH excluding ortho intramolecular Hbond substituents is 1. The van der Waals surface area contributed by atoms with Crippen molar-refractivity contribution in [2.45, 2.75) is 38.1 Å². The first-order valence-electron chi connectivity index (χ1n) is 6.36. The largest absolute Gasteiger partial charge is 0.508 e. The van der Waals surface area contributed by atoms with Gasteiger partial charge in [0.15, 0.2) is 0 Å². The van der Waals surface area contributed by atoms with Crippen molar-refractivity contribution in [2.75, 3.05) is 13.1 Å². The van der Waals surface area contributed by atoms with Crippen molar-refractivity contribution < 1.29 is 5.11 Å². The number of hydrogen-bond donors (Lipinski definition) is 1. The number of fused-ring (bicyclic) bond motifs is 5. The summed E-state index contributed by atoms with van der Waals surface area (Å²) in [5.74, 6) is 1.12. The van der Waals surface area contributed by atoms with Crippen LogP contribution in [0.15, 0.2) is 18.2 Å². The predicted octanol–water partition coefficient (Wildman–Crippen LogP) is 3.04. The molecule has 1 aliphatic heterocycles. The second-order valence-electron chi connectivity index (χ2n) is 5.09. The van der Waals surface area contributed by atoms with Crippen LogP contribution in [0, 0.1) is 0 Å². The third-order valence-corrected chi connectivity index (χ3v) is 4.09. The molecule has 1 fully saturated rings. The number of benzene rings is 1. The Hall–Kier alpha value is -1.02. The molecule has 1 aromatic carbocycles. The fraction of sp³-hybridized carbons (Fsp3) is 0.571. The van der Waals surface area contributed by atoms with Crippen LogP contribution in [0.3, 0.4) is 0 Å². The second kappa shape index (κ2) is 3.77. The Morgan fingerprint density at radius 2 is 2.25 bits per heavy atom. The van der Waals surface area contributed by atoms with Crippen LogP contribution in [0.25, 0.3) is 0 Å². The first-order valence-corrected chi connectivity index (χ1v) is 6.36. The molecule has 1 aliphatic carbocycles. The minimum Gasteiger partial charge on any atom is -0.508 e. The monoisotopic (exact) mass is 217 g/mol. The van der Waals surface area contributed by atoms with E-state index in [0.717, 1.165) is 0 Å². The van der Waals surface area contributed by atoms with Crippen molar-refractivity contribution in [1.29, 1.82) is 0 Å². The maximum atomic E-state index is 9.57. The van der Waals surface area contributed by atoms with E-state index in [-0.39, 0.29) is 0 Å². The maximum absolute atomic E-state index is 9.57. The van der Waals surface area contributed by atoms with Gasteiger partial charge in [-0.2, -0.15) is 0 Å². The highest BCUT2D eigenvalue weighted by molar-refractivity contribution is 5.43. The van der Waals surface area contributed by atoms with Gasteiger partial charge in [0, 0.05) is 6.04 Å². The predicted molar refractivity (Wildman–Crippen MR) is 64.7 cm³/mol. The lowest BCUT2D eigenvalue weighted by atomic mass is 9.95. The Morgan fingerprint density at radius 3 is 3.06 bits per heavy atom. The summed E-state index contributed by atoms with van der Waals surface area (Å²) < 4.78 is 0. The van der Waals surface area contributed by atoms with Gasteiger partial charge in [-0.3, -0.25) is 4.90 Å². The lowest BCUT2D eigenvalue weighted by Crippen LogP contribution is -2.32. The highest BCUT2D eigenvalue weighted by Crippen LogP contribution is 2.49. The van der Waals surface area contributed by atoms with Gasteiger partial charge in [0.2, 0.25) is 0 Å². The minimum absolute atomic E-state index is 0.424. The SMILES string of the molecule is CCCN1CCC2CC1c1ccc(O)cc12. The fourth-order valence-electron chi connectivity index (χ4n) is 3.39. The number of nitrogens with zero attached hydrogens (tertiary/aromatic N) is 1. The molecule has 0 amide bonds. The van der Waals surface area contributed by atoms with E-state index in [1.54, 1.807) is 0 Å². The molecule has 2 aliphatic rings. The van der Waals surface area contributed by atoms with E-state index in [1.165, 1.54) is 43.5 Å². The number of likely N-dealkylation sites (tertiary alicyclic amines) is 1. The van der Waals surface area contributed by atoms with E-state index in [2.05, 4.69) is 17.9 Å². The number of piperidine rings is 1. The summed E-state index contributed by atoms with van der Waals surface area (Å²) in [7, 11) is 0. The van der Waals surface area contributed by atoms with Gasteiger partial charge in [0.1, 0.15) is 5.75 Å². The number of rotatable bonds is 2. The highest BCUT2D eigenvalue weighted by atomic mass is 16.3. The molecule has 1 heterocycles. The van der Waals surface area contributed by atoms with Crippen molar-refractivity contribution in [1.82, 2.24) is 4.90 Å². The lowest BCUT2D eigenvalue weighted by molar-refractivity contribution is 0.153. The molecule has 0 saturated carbocycles. The fourth-order valence-corrected chi connectivity index (χ4v) is 3.39. The van der Waals surface area contributed by atoms with E-state index in [9.17, 15) is 5.11 Å². The standard InChI is InChI=1S/C14H19NO/c1-2-6-15-7-5-10-8-14(15)12-4-3-11(16)9-13(10)12/h3-4,9-10,14,16H,2,5-8H2,1H3. The van der Waals surface area contributed by atoms with Gasteiger partial charge < -0.3 is 5.11 Å². The Bertz CT molecular complexity index is 402. The Balaban J connectivity index is 1.97. The molecule has 16 heavy (non-hydrogen) atoms. The van der Waals surface area contributed by atoms with Crippen LogP contribution in [-0.2, 0) is 0 Å². The number of hydrogen-bond acceptors (Lipinski definition) is 2. The smallest absolute Gasteiger partial charge is 0.115 e. The molecule has 0 spiro atoms. The summed E-state index contributed by atoms with van der Waals surface area (Å²) in [6, 6.07) is 6.57. The van der Waals surface area contributed by atoms with Crippen LogP contribution in [0.4, 0.5) is 0 Å². The zero-order valence-corrected chi connectivity index (χ0v) is 9.82.